The summed E-state index contributed by atoms with van der Waals surface area (Å²) in [6, 6.07) is 9.90. The predicted octanol–water partition coefficient (Wildman–Crippen LogP) is 5.26. The van der Waals surface area contributed by atoms with Gasteiger partial charge in [-0.15, -0.1) is 0 Å². The molecule has 0 radical (unpaired) electrons. The third kappa shape index (κ3) is 5.75. The smallest absolute Gasteiger partial charge is 0.255 e. The lowest BCUT2D eigenvalue weighted by Gasteiger charge is -2.21. The molecule has 2 aromatic carbocycles. The molecule has 0 aliphatic heterocycles. The van der Waals surface area contributed by atoms with Gasteiger partial charge in [0.25, 0.3) is 5.91 Å². The summed E-state index contributed by atoms with van der Waals surface area (Å²) in [5, 5.41) is 15.5. The summed E-state index contributed by atoms with van der Waals surface area (Å²) in [7, 11) is 1.43. The number of phenolic OH excluding ortho intramolecular Hbond substituents is 1. The number of phenols is 1. The second-order valence-electron chi connectivity index (χ2n) is 7.96. The van der Waals surface area contributed by atoms with Crippen LogP contribution < -0.4 is 15.4 Å². The van der Waals surface area contributed by atoms with Gasteiger partial charge < -0.3 is 20.5 Å². The Labute approximate surface area is 177 Å². The van der Waals surface area contributed by atoms with E-state index >= 15 is 0 Å². The molecule has 6 nitrogen and oxygen atoms in total. The maximum Gasteiger partial charge on any atom is 0.255 e. The number of aromatic hydroxyl groups is 1. The number of nitrogens with one attached hydrogen (secondary N) is 2. The van der Waals surface area contributed by atoms with Crippen molar-refractivity contribution >= 4 is 23.2 Å². The Morgan fingerprint density at radius 2 is 1.83 bits per heavy atom. The number of carbonyl (C=O) groups excluding carboxylic acids is 2. The number of aryl methyl sites for hydroxylation is 1. The average Bonchev–Trinajstić information content (AvgIpc) is 2.75. The van der Waals surface area contributed by atoms with Gasteiger partial charge in [0.2, 0.25) is 5.91 Å². The lowest BCUT2D eigenvalue weighted by molar-refractivity contribution is -0.116. The molecular weight excluding hydrogens is 380 g/mol. The van der Waals surface area contributed by atoms with Crippen LogP contribution in [0, 0.1) is 12.8 Å². The largest absolute Gasteiger partial charge is 0.504 e. The van der Waals surface area contributed by atoms with Gasteiger partial charge in [-0.25, -0.2) is 0 Å². The molecule has 6 heteroatoms. The van der Waals surface area contributed by atoms with E-state index in [1.165, 1.54) is 57.4 Å². The van der Waals surface area contributed by atoms with E-state index in [4.69, 9.17) is 4.74 Å². The fourth-order valence-corrected chi connectivity index (χ4v) is 3.88. The Morgan fingerprint density at radius 1 is 1.07 bits per heavy atom. The molecule has 0 bridgehead atoms. The first-order chi connectivity index (χ1) is 14.5. The Kier molecular flexibility index (Phi) is 7.33. The minimum absolute atomic E-state index is 0.00461. The third-order valence-electron chi connectivity index (χ3n) is 5.72. The first-order valence-electron chi connectivity index (χ1n) is 10.5. The molecule has 3 rings (SSSR count). The molecule has 0 heterocycles. The molecule has 2 aromatic rings. The molecule has 1 saturated carbocycles. The minimum Gasteiger partial charge on any atom is -0.504 e. The average molecular weight is 411 g/mol. The quantitative estimate of drug-likeness (QED) is 0.581. The van der Waals surface area contributed by atoms with Crippen molar-refractivity contribution in [1.29, 1.82) is 0 Å². The van der Waals surface area contributed by atoms with E-state index in [-0.39, 0.29) is 23.3 Å². The topological polar surface area (TPSA) is 87.7 Å². The lowest BCUT2D eigenvalue weighted by Crippen LogP contribution is -2.16. The van der Waals surface area contributed by atoms with Gasteiger partial charge >= 0.3 is 0 Å². The van der Waals surface area contributed by atoms with E-state index in [2.05, 4.69) is 10.6 Å². The van der Waals surface area contributed by atoms with Crippen molar-refractivity contribution in [3.8, 4) is 11.5 Å². The van der Waals surface area contributed by atoms with Crippen molar-refractivity contribution in [3.05, 3.63) is 47.5 Å². The van der Waals surface area contributed by atoms with E-state index in [1.54, 1.807) is 6.07 Å². The van der Waals surface area contributed by atoms with E-state index < -0.39 is 0 Å². The van der Waals surface area contributed by atoms with Gasteiger partial charge in [-0.05, 0) is 55.2 Å². The fraction of sp³-hybridized carbons (Fsp3) is 0.417. The molecule has 0 atom stereocenters. The molecule has 2 amide bonds. The number of hydrogen-bond acceptors (Lipinski definition) is 4. The lowest BCUT2D eigenvalue weighted by atomic mass is 9.86. The standard InChI is InChI=1S/C24H30N2O4/c1-16-8-11-19(25-23(28)13-9-17-6-4-3-5-7-17)15-20(16)26-24(29)18-10-12-21(27)22(14-18)30-2/h8,10-12,14-15,17,27H,3-7,9,13H2,1-2H3,(H,25,28)(H,26,29). The Morgan fingerprint density at radius 3 is 2.57 bits per heavy atom. The maximum atomic E-state index is 12.6. The highest BCUT2D eigenvalue weighted by atomic mass is 16.5. The summed E-state index contributed by atoms with van der Waals surface area (Å²) >= 11 is 0. The van der Waals surface area contributed by atoms with E-state index in [0.29, 0.717) is 29.3 Å². The monoisotopic (exact) mass is 410 g/mol. The van der Waals surface area contributed by atoms with Crippen molar-refractivity contribution < 1.29 is 19.4 Å². The number of methoxy groups -OCH3 is 1. The summed E-state index contributed by atoms with van der Waals surface area (Å²) in [6.07, 6.45) is 7.79. The number of ether oxygens (including phenoxy) is 1. The van der Waals surface area contributed by atoms with Gasteiger partial charge in [0.1, 0.15) is 0 Å². The van der Waals surface area contributed by atoms with Crippen LogP contribution in [0.3, 0.4) is 0 Å². The van der Waals surface area contributed by atoms with Gasteiger partial charge in [0, 0.05) is 23.4 Å². The van der Waals surface area contributed by atoms with Crippen LogP contribution in [-0.2, 0) is 4.79 Å². The molecule has 1 fully saturated rings. The number of rotatable bonds is 7. The molecule has 3 N–H and O–H groups in total. The highest BCUT2D eigenvalue weighted by Gasteiger charge is 2.16. The summed E-state index contributed by atoms with van der Waals surface area (Å²) < 4.78 is 5.06. The molecule has 0 spiro atoms. The van der Waals surface area contributed by atoms with Crippen molar-refractivity contribution in [2.45, 2.75) is 51.9 Å². The Balaban J connectivity index is 1.61. The summed E-state index contributed by atoms with van der Waals surface area (Å²) in [5.74, 6) is 0.559. The zero-order chi connectivity index (χ0) is 21.5. The molecular formula is C24H30N2O4. The Bertz CT molecular complexity index is 904. The second kappa shape index (κ2) is 10.1. The van der Waals surface area contributed by atoms with Crippen molar-refractivity contribution in [3.63, 3.8) is 0 Å². The number of amides is 2. The van der Waals surface area contributed by atoms with Gasteiger partial charge in [0.05, 0.1) is 7.11 Å². The molecule has 1 aliphatic rings. The van der Waals surface area contributed by atoms with E-state index in [9.17, 15) is 14.7 Å². The highest BCUT2D eigenvalue weighted by Crippen LogP contribution is 2.29. The summed E-state index contributed by atoms with van der Waals surface area (Å²) in [6.45, 7) is 1.89. The van der Waals surface area contributed by atoms with Crippen molar-refractivity contribution in [2.24, 2.45) is 5.92 Å². The van der Waals surface area contributed by atoms with Crippen LogP contribution in [0.25, 0.3) is 0 Å². The van der Waals surface area contributed by atoms with Crippen molar-refractivity contribution in [1.82, 2.24) is 0 Å². The second-order valence-corrected chi connectivity index (χ2v) is 7.96. The van der Waals surface area contributed by atoms with Gasteiger partial charge in [-0.1, -0.05) is 38.2 Å². The molecule has 1 aliphatic carbocycles. The molecule has 0 aromatic heterocycles. The number of anilines is 2. The SMILES string of the molecule is COc1cc(C(=O)Nc2cc(NC(=O)CCC3CCCCC3)ccc2C)ccc1O. The first-order valence-corrected chi connectivity index (χ1v) is 10.5. The van der Waals surface area contributed by atoms with Crippen LogP contribution in [0.15, 0.2) is 36.4 Å². The van der Waals surface area contributed by atoms with Crippen LogP contribution >= 0.6 is 0 Å². The van der Waals surface area contributed by atoms with Crippen LogP contribution in [0.5, 0.6) is 11.5 Å². The first kappa shape index (κ1) is 21.7. The van der Waals surface area contributed by atoms with Gasteiger partial charge in [-0.3, -0.25) is 9.59 Å². The third-order valence-corrected chi connectivity index (χ3v) is 5.72. The summed E-state index contributed by atoms with van der Waals surface area (Å²) in [4.78, 5) is 25.0. The minimum atomic E-state index is -0.322. The fourth-order valence-electron chi connectivity index (χ4n) is 3.88. The predicted molar refractivity (Wildman–Crippen MR) is 118 cm³/mol. The molecule has 160 valence electrons. The van der Waals surface area contributed by atoms with Crippen molar-refractivity contribution in [2.75, 3.05) is 17.7 Å². The number of benzene rings is 2. The maximum absolute atomic E-state index is 12.6. The molecule has 0 unspecified atom stereocenters. The van der Waals surface area contributed by atoms with Crippen LogP contribution in [-0.4, -0.2) is 24.0 Å². The van der Waals surface area contributed by atoms with Gasteiger partial charge in [-0.2, -0.15) is 0 Å². The zero-order valence-corrected chi connectivity index (χ0v) is 17.7. The van der Waals surface area contributed by atoms with Crippen LogP contribution in [0.2, 0.25) is 0 Å². The normalized spacial score (nSPS) is 14.2. The number of hydrogen-bond donors (Lipinski definition) is 3. The van der Waals surface area contributed by atoms with E-state index in [1.807, 2.05) is 19.1 Å². The molecule has 0 saturated heterocycles. The van der Waals surface area contributed by atoms with Crippen LogP contribution in [0.1, 0.15) is 60.9 Å². The van der Waals surface area contributed by atoms with Gasteiger partial charge in [0.15, 0.2) is 11.5 Å². The number of carbonyl (C=O) groups is 2. The van der Waals surface area contributed by atoms with Crippen LogP contribution in [0.4, 0.5) is 11.4 Å². The van der Waals surface area contributed by atoms with E-state index in [0.717, 1.165) is 12.0 Å². The highest BCUT2D eigenvalue weighted by molar-refractivity contribution is 6.05. The summed E-state index contributed by atoms with van der Waals surface area (Å²) in [5.41, 5.74) is 2.53. The zero-order valence-electron chi connectivity index (χ0n) is 17.7. The Hall–Kier alpha value is -3.02. The molecule has 30 heavy (non-hydrogen) atoms.